The summed E-state index contributed by atoms with van der Waals surface area (Å²) < 4.78 is 32.2. The van der Waals surface area contributed by atoms with Gasteiger partial charge in [0.25, 0.3) is 5.91 Å². The highest BCUT2D eigenvalue weighted by molar-refractivity contribution is 5.97. The fourth-order valence-electron chi connectivity index (χ4n) is 6.38. The lowest BCUT2D eigenvalue weighted by Gasteiger charge is -2.26. The molecule has 3 N–H and O–H groups in total. The zero-order valence-electron chi connectivity index (χ0n) is 27.3. The summed E-state index contributed by atoms with van der Waals surface area (Å²) in [4.78, 5) is 22.8. The number of aromatic nitrogens is 3. The second kappa shape index (κ2) is 14.7. The summed E-state index contributed by atoms with van der Waals surface area (Å²) in [6.45, 7) is 0.936. The third-order valence-corrected chi connectivity index (χ3v) is 9.08. The Morgan fingerprint density at radius 3 is 2.42 bits per heavy atom. The van der Waals surface area contributed by atoms with Crippen molar-refractivity contribution in [3.05, 3.63) is 101 Å². The molecule has 0 unspecified atom stereocenters. The molecule has 6 rings (SSSR count). The summed E-state index contributed by atoms with van der Waals surface area (Å²) in [6, 6.07) is 17.5. The molecule has 3 aromatic carbocycles. The Balaban J connectivity index is 1.29. The summed E-state index contributed by atoms with van der Waals surface area (Å²) in [5.74, 6) is 3.04. The number of hydrogen-bond acceptors (Lipinski definition) is 8. The van der Waals surface area contributed by atoms with E-state index in [4.69, 9.17) is 24.2 Å². The maximum absolute atomic E-state index is 13.8. The van der Waals surface area contributed by atoms with Crippen molar-refractivity contribution in [1.82, 2.24) is 19.7 Å². The highest BCUT2D eigenvalue weighted by atomic mass is 19.1. The van der Waals surface area contributed by atoms with Crippen LogP contribution in [0.3, 0.4) is 0 Å². The Morgan fingerprint density at radius 1 is 0.938 bits per heavy atom. The Hall–Kier alpha value is -5.16. The number of nitrogens with zero attached hydrogens (tertiary/aromatic N) is 3. The molecule has 250 valence electrons. The van der Waals surface area contributed by atoms with E-state index in [1.807, 2.05) is 48.7 Å². The van der Waals surface area contributed by atoms with E-state index >= 15 is 0 Å². The SMILES string of the molecule is COc1ccc(CNc2nccn3c2c(-c2ccc(CNC(=O)c4cc(F)ccc4OC)cc2)nc3[C@H]2CC[C@H](CO)CC2)c(OC)c1. The first-order chi connectivity index (χ1) is 23.4. The molecule has 1 saturated carbocycles. The Kier molecular flexibility index (Phi) is 10.1. The van der Waals surface area contributed by atoms with E-state index in [9.17, 15) is 14.3 Å². The van der Waals surface area contributed by atoms with Gasteiger partial charge in [0.15, 0.2) is 5.82 Å². The van der Waals surface area contributed by atoms with Crippen LogP contribution in [0.25, 0.3) is 16.8 Å². The van der Waals surface area contributed by atoms with Crippen LogP contribution in [0.2, 0.25) is 0 Å². The number of fused-ring (bicyclic) bond motifs is 1. The quantitative estimate of drug-likeness (QED) is 0.142. The van der Waals surface area contributed by atoms with Gasteiger partial charge >= 0.3 is 0 Å². The predicted molar refractivity (Wildman–Crippen MR) is 181 cm³/mol. The molecule has 0 radical (unpaired) electrons. The molecule has 0 atom stereocenters. The van der Waals surface area contributed by atoms with Crippen LogP contribution in [0.5, 0.6) is 17.2 Å². The van der Waals surface area contributed by atoms with Crippen LogP contribution >= 0.6 is 0 Å². The maximum Gasteiger partial charge on any atom is 0.255 e. The van der Waals surface area contributed by atoms with Crippen molar-refractivity contribution in [2.45, 2.75) is 44.7 Å². The number of amides is 1. The average molecular weight is 654 g/mol. The van der Waals surface area contributed by atoms with Gasteiger partial charge in [0.2, 0.25) is 0 Å². The maximum atomic E-state index is 13.8. The van der Waals surface area contributed by atoms with Gasteiger partial charge in [-0.05, 0) is 67.5 Å². The number of ether oxygens (including phenoxy) is 3. The van der Waals surface area contributed by atoms with Crippen LogP contribution < -0.4 is 24.8 Å². The zero-order valence-corrected chi connectivity index (χ0v) is 27.3. The monoisotopic (exact) mass is 653 g/mol. The van der Waals surface area contributed by atoms with E-state index in [-0.39, 0.29) is 24.6 Å². The van der Waals surface area contributed by atoms with Crippen molar-refractivity contribution in [3.63, 3.8) is 0 Å². The molecule has 1 fully saturated rings. The van der Waals surface area contributed by atoms with E-state index < -0.39 is 11.7 Å². The van der Waals surface area contributed by atoms with E-state index in [0.717, 1.165) is 59.4 Å². The van der Waals surface area contributed by atoms with Gasteiger partial charge < -0.3 is 30.0 Å². The smallest absolute Gasteiger partial charge is 0.255 e. The van der Waals surface area contributed by atoms with Gasteiger partial charge in [0, 0.05) is 55.2 Å². The number of aliphatic hydroxyl groups excluding tert-OH is 1. The minimum absolute atomic E-state index is 0.138. The minimum Gasteiger partial charge on any atom is -0.497 e. The van der Waals surface area contributed by atoms with Crippen molar-refractivity contribution in [2.24, 2.45) is 5.92 Å². The third-order valence-electron chi connectivity index (χ3n) is 9.08. The highest BCUT2D eigenvalue weighted by Gasteiger charge is 2.28. The van der Waals surface area contributed by atoms with Crippen molar-refractivity contribution < 1.29 is 28.5 Å². The van der Waals surface area contributed by atoms with Crippen LogP contribution in [-0.2, 0) is 13.1 Å². The first-order valence-electron chi connectivity index (χ1n) is 16.1. The number of nitrogens with one attached hydrogen (secondary N) is 2. The number of imidazole rings is 1. The van der Waals surface area contributed by atoms with E-state index in [0.29, 0.717) is 35.5 Å². The molecule has 1 aliphatic rings. The molecule has 5 aromatic rings. The van der Waals surface area contributed by atoms with Crippen molar-refractivity contribution in [1.29, 1.82) is 0 Å². The summed E-state index contributed by atoms with van der Waals surface area (Å²) in [5, 5.41) is 16.1. The Morgan fingerprint density at radius 2 is 1.71 bits per heavy atom. The van der Waals surface area contributed by atoms with Crippen molar-refractivity contribution in [2.75, 3.05) is 33.3 Å². The average Bonchev–Trinajstić information content (AvgIpc) is 3.53. The van der Waals surface area contributed by atoms with Gasteiger partial charge in [-0.15, -0.1) is 0 Å². The van der Waals surface area contributed by atoms with Gasteiger partial charge in [-0.25, -0.2) is 14.4 Å². The number of carbonyl (C=O) groups is 1. The number of methoxy groups -OCH3 is 3. The molecular weight excluding hydrogens is 613 g/mol. The first-order valence-corrected chi connectivity index (χ1v) is 16.1. The molecular formula is C37H40FN5O5. The molecule has 0 aliphatic heterocycles. The number of aliphatic hydroxyl groups is 1. The fourth-order valence-corrected chi connectivity index (χ4v) is 6.38. The molecule has 0 saturated heterocycles. The van der Waals surface area contributed by atoms with Gasteiger partial charge in [0.1, 0.15) is 40.1 Å². The van der Waals surface area contributed by atoms with Gasteiger partial charge in [-0.1, -0.05) is 24.3 Å². The van der Waals surface area contributed by atoms with Crippen LogP contribution in [-0.4, -0.2) is 53.3 Å². The first kappa shape index (κ1) is 32.8. The molecule has 11 heteroatoms. The fraction of sp³-hybridized carbons (Fsp3) is 0.324. The van der Waals surface area contributed by atoms with Crippen molar-refractivity contribution >= 4 is 17.2 Å². The van der Waals surface area contributed by atoms with E-state index in [1.165, 1.54) is 25.3 Å². The van der Waals surface area contributed by atoms with Crippen LogP contribution in [0, 0.1) is 11.7 Å². The molecule has 2 aromatic heterocycles. The lowest BCUT2D eigenvalue weighted by molar-refractivity contribution is 0.0947. The minimum atomic E-state index is -0.509. The third kappa shape index (κ3) is 6.91. The normalized spacial score (nSPS) is 16.0. The molecule has 0 spiro atoms. The summed E-state index contributed by atoms with van der Waals surface area (Å²) in [6.07, 6.45) is 7.57. The molecule has 10 nitrogen and oxygen atoms in total. The lowest BCUT2D eigenvalue weighted by atomic mass is 9.82. The van der Waals surface area contributed by atoms with Crippen LogP contribution in [0.4, 0.5) is 10.2 Å². The Bertz CT molecular complexity index is 1890. The Labute approximate surface area is 278 Å². The van der Waals surface area contributed by atoms with E-state index in [2.05, 4.69) is 15.0 Å². The largest absolute Gasteiger partial charge is 0.497 e. The molecule has 1 amide bonds. The number of rotatable bonds is 12. The topological polar surface area (TPSA) is 119 Å². The van der Waals surface area contributed by atoms with Gasteiger partial charge in [-0.2, -0.15) is 0 Å². The molecule has 2 heterocycles. The van der Waals surface area contributed by atoms with Crippen LogP contribution in [0.1, 0.15) is 58.9 Å². The van der Waals surface area contributed by atoms with Gasteiger partial charge in [-0.3, -0.25) is 9.20 Å². The standard InChI is InChI=1S/C37H40FN5O5/c1-46-29-14-12-27(32(19-29)48-3)21-40-35-34-33(42-36(43(34)17-16-39-35)26-10-6-24(22-44)7-11-26)25-8-4-23(5-9-25)20-41-37(45)30-18-28(38)13-15-31(30)47-2/h4-5,8-9,12-19,24,26,44H,6-7,10-11,20-22H2,1-3H3,(H,39,40)(H,41,45)/t24-,26-. The predicted octanol–water partition coefficient (Wildman–Crippen LogP) is 6.37. The number of hydrogen-bond donors (Lipinski definition) is 3. The van der Waals surface area contributed by atoms with Gasteiger partial charge in [0.05, 0.1) is 26.9 Å². The number of halogens is 1. The molecule has 0 bridgehead atoms. The second-order valence-electron chi connectivity index (χ2n) is 12.0. The summed E-state index contributed by atoms with van der Waals surface area (Å²) in [5.41, 5.74) is 4.53. The number of benzene rings is 3. The number of carbonyl (C=O) groups excluding carboxylic acids is 1. The van der Waals surface area contributed by atoms with Crippen LogP contribution in [0.15, 0.2) is 73.1 Å². The lowest BCUT2D eigenvalue weighted by Crippen LogP contribution is -2.23. The zero-order chi connectivity index (χ0) is 33.6. The van der Waals surface area contributed by atoms with E-state index in [1.54, 1.807) is 20.4 Å². The summed E-state index contributed by atoms with van der Waals surface area (Å²) in [7, 11) is 4.71. The second-order valence-corrected chi connectivity index (χ2v) is 12.0. The molecule has 48 heavy (non-hydrogen) atoms. The number of anilines is 1. The molecule has 1 aliphatic carbocycles. The highest BCUT2D eigenvalue weighted by Crippen LogP contribution is 2.39. The van der Waals surface area contributed by atoms with Crippen molar-refractivity contribution in [3.8, 4) is 28.5 Å². The summed E-state index contributed by atoms with van der Waals surface area (Å²) >= 11 is 0.